The average Bonchev–Trinajstić information content (AvgIpc) is 2.37. The molecule has 2 nitrogen and oxygen atoms in total. The van der Waals surface area contributed by atoms with Crippen LogP contribution in [0.15, 0.2) is 0 Å². The van der Waals surface area contributed by atoms with Crippen molar-refractivity contribution in [3.05, 3.63) is 14.9 Å². The molecule has 4 N–H and O–H groups in total. The molecule has 0 aliphatic heterocycles. The maximum absolute atomic E-state index is 7.67. The summed E-state index contributed by atoms with van der Waals surface area (Å²) in [5.41, 5.74) is -0.250. The summed E-state index contributed by atoms with van der Waals surface area (Å²) in [6.07, 6.45) is 5.92. The Morgan fingerprint density at radius 1 is 0.500 bits per heavy atom. The molecule has 0 aromatic rings. The second-order valence-electron chi connectivity index (χ2n) is 4.68. The van der Waals surface area contributed by atoms with Crippen LogP contribution in [0.5, 0.6) is 0 Å². The summed E-state index contributed by atoms with van der Waals surface area (Å²) in [5, 5.41) is 15.3. The smallest absolute Gasteiger partial charge is 0.162 e. The van der Waals surface area contributed by atoms with Gasteiger partial charge in [-0.25, -0.2) is 0 Å². The summed E-state index contributed by atoms with van der Waals surface area (Å²) in [4.78, 5) is 0. The Kier molecular flexibility index (Phi) is 37.7. The molecule has 0 amide bonds. The minimum atomic E-state index is -0.125. The van der Waals surface area contributed by atoms with Gasteiger partial charge in [0, 0.05) is 77.5 Å². The van der Waals surface area contributed by atoms with Gasteiger partial charge in [0.1, 0.15) is 0 Å². The third-order valence-electron chi connectivity index (χ3n) is 4.06. The van der Waals surface area contributed by atoms with Gasteiger partial charge in [-0.05, 0) is 0 Å². The van der Waals surface area contributed by atoms with Crippen LogP contribution in [-0.4, -0.2) is 21.4 Å². The van der Waals surface area contributed by atoms with Crippen molar-refractivity contribution in [3.63, 3.8) is 0 Å². The summed E-state index contributed by atoms with van der Waals surface area (Å²) in [7, 11) is 0. The van der Waals surface area contributed by atoms with Crippen LogP contribution in [0.3, 0.4) is 0 Å². The first-order chi connectivity index (χ1) is 7.36. The summed E-state index contributed by atoms with van der Waals surface area (Å²) in [5.74, 6) is 0. The zero-order valence-corrected chi connectivity index (χ0v) is 21.6. The van der Waals surface area contributed by atoms with Gasteiger partial charge in [-0.1, -0.05) is 41.5 Å². The quantitative estimate of drug-likeness (QED) is 0.367. The van der Waals surface area contributed by atoms with Crippen molar-refractivity contribution in [1.82, 2.24) is 0 Å². The van der Waals surface area contributed by atoms with Gasteiger partial charge in [-0.3, -0.25) is 0 Å². The van der Waals surface area contributed by atoms with Gasteiger partial charge >= 0.3 is 0 Å². The molecule has 0 rings (SSSR count). The van der Waals surface area contributed by atoms with Crippen LogP contribution in [0, 0.1) is 14.9 Å². The maximum atomic E-state index is 7.67. The third kappa shape index (κ3) is 17.2. The maximum Gasteiger partial charge on any atom is 0.162 e. The van der Waals surface area contributed by atoms with Crippen molar-refractivity contribution >= 4 is 0 Å². The fraction of sp³-hybridized carbons (Fsp3) is 0.875. The molecule has 0 saturated carbocycles. The molecule has 0 saturated heterocycles. The molecule has 0 fully saturated rings. The summed E-state index contributed by atoms with van der Waals surface area (Å²) in [6, 6.07) is 0. The molecule has 0 aromatic heterocycles. The van der Waals surface area contributed by atoms with Crippen LogP contribution in [0.2, 0.25) is 0 Å². The van der Waals surface area contributed by atoms with Gasteiger partial charge in [-0.2, -0.15) is 0 Å². The van der Waals surface area contributed by atoms with Gasteiger partial charge in [0.2, 0.25) is 0 Å². The van der Waals surface area contributed by atoms with Crippen molar-refractivity contribution in [2.75, 3.05) is 0 Å². The standard InChI is InChI=1S/2C7H16O.2CH3.2Zn/c2*1-4-7(8,5-2)6-3;;;;/h2*8H,4-6H2,1-3H3;2*1H3;;/q;;2*-1;;/p+2. The molecule has 120 valence electrons. The van der Waals surface area contributed by atoms with Crippen LogP contribution >= 0.6 is 0 Å². The molecule has 0 unspecified atom stereocenters. The molecule has 0 spiro atoms. The Hall–Kier alpha value is 1.17. The number of rotatable bonds is 6. The first kappa shape index (κ1) is 37.4. The van der Waals surface area contributed by atoms with Gasteiger partial charge in [0.25, 0.3) is 0 Å². The predicted octanol–water partition coefficient (Wildman–Crippen LogP) is 4.26. The Balaban J connectivity index is -0.0000000408. The SMILES string of the molecule is CCC([OH2+])(CC)CC.CCC([OH2+])(CC)CC.[CH3-].[CH3-].[Zn].[Zn]. The molecule has 0 bridgehead atoms. The van der Waals surface area contributed by atoms with Crippen LogP contribution in [0.25, 0.3) is 0 Å². The normalized spacial score (nSPS) is 9.60. The van der Waals surface area contributed by atoms with E-state index in [-0.39, 0.29) is 65.0 Å². The van der Waals surface area contributed by atoms with E-state index in [9.17, 15) is 0 Å². The molecule has 0 aromatic carbocycles. The van der Waals surface area contributed by atoms with Gasteiger partial charge < -0.3 is 25.1 Å². The minimum absolute atomic E-state index is 0. The van der Waals surface area contributed by atoms with Crippen LogP contribution < -0.4 is 0 Å². The van der Waals surface area contributed by atoms with Gasteiger partial charge in [0.05, 0.1) is 0 Å². The Bertz CT molecular complexity index is 122. The minimum Gasteiger partial charge on any atom is -0.441 e. The van der Waals surface area contributed by atoms with Crippen LogP contribution in [0.1, 0.15) is 80.1 Å². The Morgan fingerprint density at radius 2 is 0.600 bits per heavy atom. The summed E-state index contributed by atoms with van der Waals surface area (Å²) in [6.45, 7) is 12.5. The van der Waals surface area contributed by atoms with E-state index in [0.717, 1.165) is 38.5 Å². The fourth-order valence-corrected chi connectivity index (χ4v) is 1.50. The molecule has 0 atom stereocenters. The summed E-state index contributed by atoms with van der Waals surface area (Å²) >= 11 is 0. The largest absolute Gasteiger partial charge is 0.441 e. The van der Waals surface area contributed by atoms with E-state index in [0.29, 0.717) is 0 Å². The van der Waals surface area contributed by atoms with Gasteiger partial charge in [-0.15, -0.1) is 0 Å². The first-order valence-corrected chi connectivity index (χ1v) is 6.86. The van der Waals surface area contributed by atoms with Crippen molar-refractivity contribution in [1.29, 1.82) is 0 Å². The molecular formula is C16H40O2Zn2. The molecule has 0 heterocycles. The van der Waals surface area contributed by atoms with Crippen molar-refractivity contribution in [3.8, 4) is 0 Å². The second kappa shape index (κ2) is 20.2. The zero-order valence-electron chi connectivity index (χ0n) is 15.7. The number of hydrogen-bond acceptors (Lipinski definition) is 0. The van der Waals surface area contributed by atoms with Crippen molar-refractivity contribution in [2.45, 2.75) is 91.3 Å². The Morgan fingerprint density at radius 3 is 0.600 bits per heavy atom. The van der Waals surface area contributed by atoms with Crippen molar-refractivity contribution in [2.24, 2.45) is 0 Å². The Labute approximate surface area is 155 Å². The van der Waals surface area contributed by atoms with E-state index in [4.69, 9.17) is 10.2 Å². The monoisotopic (exact) mass is 392 g/mol. The average molecular weight is 395 g/mol. The van der Waals surface area contributed by atoms with Crippen LogP contribution in [-0.2, 0) is 39.0 Å². The number of hydrogen-bond donors (Lipinski definition) is 0. The van der Waals surface area contributed by atoms with E-state index in [1.54, 1.807) is 0 Å². The predicted molar refractivity (Wildman–Crippen MR) is 87.3 cm³/mol. The fourth-order valence-electron chi connectivity index (χ4n) is 1.50. The van der Waals surface area contributed by atoms with E-state index in [1.807, 2.05) is 0 Å². The molecule has 4 heteroatoms. The van der Waals surface area contributed by atoms with E-state index in [1.165, 1.54) is 0 Å². The third-order valence-corrected chi connectivity index (χ3v) is 4.06. The van der Waals surface area contributed by atoms with E-state index >= 15 is 0 Å². The molecule has 0 aliphatic rings. The first-order valence-electron chi connectivity index (χ1n) is 6.86. The second-order valence-corrected chi connectivity index (χ2v) is 4.68. The zero-order chi connectivity index (χ0) is 13.2. The van der Waals surface area contributed by atoms with Crippen LogP contribution in [0.4, 0.5) is 0 Å². The molecular weight excluding hydrogens is 355 g/mol. The van der Waals surface area contributed by atoms with E-state index in [2.05, 4.69) is 41.5 Å². The molecule has 0 radical (unpaired) electrons. The summed E-state index contributed by atoms with van der Waals surface area (Å²) < 4.78 is 0. The molecule has 20 heavy (non-hydrogen) atoms. The van der Waals surface area contributed by atoms with E-state index < -0.39 is 0 Å². The van der Waals surface area contributed by atoms with Gasteiger partial charge in [0.15, 0.2) is 11.2 Å². The topological polar surface area (TPSA) is 45.8 Å². The molecule has 0 aliphatic carbocycles. The van der Waals surface area contributed by atoms with Crippen molar-refractivity contribution < 1.29 is 49.2 Å².